The number of carboxylic acids is 1. The molecular formula is C11H20O3. The first kappa shape index (κ1) is 11.5. The van der Waals surface area contributed by atoms with E-state index < -0.39 is 5.97 Å². The Morgan fingerprint density at radius 2 is 2.07 bits per heavy atom. The maximum absolute atomic E-state index is 10.5. The van der Waals surface area contributed by atoms with E-state index in [0.29, 0.717) is 6.10 Å². The van der Waals surface area contributed by atoms with E-state index in [4.69, 9.17) is 9.84 Å². The van der Waals surface area contributed by atoms with Crippen LogP contribution < -0.4 is 0 Å². The largest absolute Gasteiger partial charge is 0.481 e. The molecule has 1 aliphatic carbocycles. The fourth-order valence-corrected chi connectivity index (χ4v) is 1.96. The molecule has 0 radical (unpaired) electrons. The lowest BCUT2D eigenvalue weighted by Gasteiger charge is -2.26. The molecule has 1 fully saturated rings. The van der Waals surface area contributed by atoms with Gasteiger partial charge in [-0.15, -0.1) is 0 Å². The van der Waals surface area contributed by atoms with Crippen LogP contribution in [0, 0.1) is 0 Å². The summed E-state index contributed by atoms with van der Waals surface area (Å²) in [6.45, 7) is 1.98. The van der Waals surface area contributed by atoms with Gasteiger partial charge in [-0.25, -0.2) is 0 Å². The van der Waals surface area contributed by atoms with E-state index >= 15 is 0 Å². The van der Waals surface area contributed by atoms with Gasteiger partial charge in [-0.3, -0.25) is 4.79 Å². The third-order valence-electron chi connectivity index (χ3n) is 2.79. The molecule has 1 unspecified atom stereocenters. The van der Waals surface area contributed by atoms with Crippen LogP contribution in [0.25, 0.3) is 0 Å². The number of carboxylic acid groups (broad SMARTS) is 1. The van der Waals surface area contributed by atoms with Gasteiger partial charge in [0.15, 0.2) is 0 Å². The van der Waals surface area contributed by atoms with Crippen molar-refractivity contribution in [1.29, 1.82) is 0 Å². The minimum Gasteiger partial charge on any atom is -0.481 e. The third kappa shape index (κ3) is 4.09. The van der Waals surface area contributed by atoms with Gasteiger partial charge in [0.25, 0.3) is 0 Å². The van der Waals surface area contributed by atoms with E-state index in [-0.39, 0.29) is 12.5 Å². The van der Waals surface area contributed by atoms with Gasteiger partial charge >= 0.3 is 5.97 Å². The van der Waals surface area contributed by atoms with Crippen LogP contribution in [0.2, 0.25) is 0 Å². The Morgan fingerprint density at radius 3 is 2.57 bits per heavy atom. The molecule has 3 nitrogen and oxygen atoms in total. The van der Waals surface area contributed by atoms with Crippen LogP contribution in [0.1, 0.15) is 51.9 Å². The number of rotatable bonds is 5. The summed E-state index contributed by atoms with van der Waals surface area (Å²) < 4.78 is 5.77. The number of hydrogen-bond acceptors (Lipinski definition) is 2. The average molecular weight is 200 g/mol. The molecule has 0 saturated heterocycles. The zero-order valence-corrected chi connectivity index (χ0v) is 8.87. The Hall–Kier alpha value is -0.570. The van der Waals surface area contributed by atoms with Gasteiger partial charge in [0.2, 0.25) is 0 Å². The van der Waals surface area contributed by atoms with Gasteiger partial charge in [-0.05, 0) is 19.3 Å². The molecule has 14 heavy (non-hydrogen) atoms. The molecule has 0 spiro atoms. The SMILES string of the molecule is CCC(CC(=O)O)OC1CCCCC1. The predicted octanol–water partition coefficient (Wildman–Crippen LogP) is 2.59. The summed E-state index contributed by atoms with van der Waals surface area (Å²) in [6.07, 6.45) is 7.14. The van der Waals surface area contributed by atoms with Crippen LogP contribution in [0.3, 0.4) is 0 Å². The second-order valence-electron chi connectivity index (χ2n) is 4.02. The molecule has 1 aliphatic rings. The molecule has 0 heterocycles. The Bertz CT molecular complexity index is 173. The van der Waals surface area contributed by atoms with E-state index in [1.165, 1.54) is 19.3 Å². The zero-order chi connectivity index (χ0) is 10.4. The molecule has 1 saturated carbocycles. The first-order chi connectivity index (χ1) is 6.72. The highest BCUT2D eigenvalue weighted by Crippen LogP contribution is 2.22. The average Bonchev–Trinajstić information content (AvgIpc) is 2.17. The highest BCUT2D eigenvalue weighted by molar-refractivity contribution is 5.67. The van der Waals surface area contributed by atoms with Gasteiger partial charge in [-0.2, -0.15) is 0 Å². The molecule has 82 valence electrons. The maximum atomic E-state index is 10.5. The standard InChI is InChI=1S/C11H20O3/c1-2-9(8-11(12)13)14-10-6-4-3-5-7-10/h9-10H,2-8H2,1H3,(H,12,13). The quantitative estimate of drug-likeness (QED) is 0.742. The highest BCUT2D eigenvalue weighted by atomic mass is 16.5. The molecule has 0 aliphatic heterocycles. The van der Waals surface area contributed by atoms with E-state index in [2.05, 4.69) is 0 Å². The van der Waals surface area contributed by atoms with E-state index in [0.717, 1.165) is 19.3 Å². The lowest BCUT2D eigenvalue weighted by molar-refractivity contribution is -0.142. The summed E-state index contributed by atoms with van der Waals surface area (Å²) in [5, 5.41) is 8.66. The van der Waals surface area contributed by atoms with Crippen molar-refractivity contribution in [3.63, 3.8) is 0 Å². The summed E-state index contributed by atoms with van der Waals surface area (Å²) in [6, 6.07) is 0. The van der Waals surface area contributed by atoms with Crippen molar-refractivity contribution in [2.24, 2.45) is 0 Å². The lowest BCUT2D eigenvalue weighted by Crippen LogP contribution is -2.25. The smallest absolute Gasteiger partial charge is 0.305 e. The van der Waals surface area contributed by atoms with Crippen molar-refractivity contribution in [3.05, 3.63) is 0 Å². The normalized spacial score (nSPS) is 20.6. The van der Waals surface area contributed by atoms with Gasteiger partial charge in [0, 0.05) is 0 Å². The Morgan fingerprint density at radius 1 is 1.43 bits per heavy atom. The van der Waals surface area contributed by atoms with Crippen molar-refractivity contribution >= 4 is 5.97 Å². The summed E-state index contributed by atoms with van der Waals surface area (Å²) in [5.74, 6) is -0.757. The second-order valence-corrected chi connectivity index (χ2v) is 4.02. The number of aliphatic carboxylic acids is 1. The third-order valence-corrected chi connectivity index (χ3v) is 2.79. The van der Waals surface area contributed by atoms with Crippen LogP contribution in [0.4, 0.5) is 0 Å². The second kappa shape index (κ2) is 6.02. The zero-order valence-electron chi connectivity index (χ0n) is 8.87. The maximum Gasteiger partial charge on any atom is 0.305 e. The van der Waals surface area contributed by atoms with Crippen molar-refractivity contribution in [2.45, 2.75) is 64.1 Å². The molecule has 0 bridgehead atoms. The Balaban J connectivity index is 2.27. The van der Waals surface area contributed by atoms with Crippen molar-refractivity contribution < 1.29 is 14.6 Å². The molecule has 0 amide bonds. The van der Waals surface area contributed by atoms with Crippen molar-refractivity contribution in [2.75, 3.05) is 0 Å². The molecule has 3 heteroatoms. The van der Waals surface area contributed by atoms with Gasteiger partial charge in [0.1, 0.15) is 0 Å². The van der Waals surface area contributed by atoms with Crippen LogP contribution in [-0.2, 0) is 9.53 Å². The lowest BCUT2D eigenvalue weighted by atomic mass is 9.97. The van der Waals surface area contributed by atoms with Gasteiger partial charge < -0.3 is 9.84 Å². The van der Waals surface area contributed by atoms with E-state index in [9.17, 15) is 4.79 Å². The highest BCUT2D eigenvalue weighted by Gasteiger charge is 2.19. The summed E-state index contributed by atoms with van der Waals surface area (Å²) in [7, 11) is 0. The Kier molecular flexibility index (Phi) is 4.94. The van der Waals surface area contributed by atoms with Crippen molar-refractivity contribution in [3.8, 4) is 0 Å². The topological polar surface area (TPSA) is 46.5 Å². The number of carbonyl (C=O) groups is 1. The minimum atomic E-state index is -0.757. The van der Waals surface area contributed by atoms with Crippen LogP contribution in [0.5, 0.6) is 0 Å². The molecule has 0 aromatic heterocycles. The molecule has 1 N–H and O–H groups in total. The van der Waals surface area contributed by atoms with E-state index in [1.807, 2.05) is 6.92 Å². The fraction of sp³-hybridized carbons (Fsp3) is 0.909. The molecule has 1 rings (SSSR count). The van der Waals surface area contributed by atoms with Crippen LogP contribution in [-0.4, -0.2) is 23.3 Å². The summed E-state index contributed by atoms with van der Waals surface area (Å²) >= 11 is 0. The van der Waals surface area contributed by atoms with Gasteiger partial charge in [0.05, 0.1) is 18.6 Å². The Labute approximate surface area is 85.5 Å². The molecular weight excluding hydrogens is 180 g/mol. The molecule has 0 aromatic rings. The number of ether oxygens (including phenoxy) is 1. The number of hydrogen-bond donors (Lipinski definition) is 1. The predicted molar refractivity (Wildman–Crippen MR) is 54.3 cm³/mol. The molecule has 1 atom stereocenters. The molecule has 0 aromatic carbocycles. The van der Waals surface area contributed by atoms with Gasteiger partial charge in [-0.1, -0.05) is 26.2 Å². The first-order valence-corrected chi connectivity index (χ1v) is 5.59. The van der Waals surface area contributed by atoms with E-state index in [1.54, 1.807) is 0 Å². The van der Waals surface area contributed by atoms with Crippen molar-refractivity contribution in [1.82, 2.24) is 0 Å². The fourth-order valence-electron chi connectivity index (χ4n) is 1.96. The minimum absolute atomic E-state index is 0.0874. The monoisotopic (exact) mass is 200 g/mol. The summed E-state index contributed by atoms with van der Waals surface area (Å²) in [4.78, 5) is 10.5. The van der Waals surface area contributed by atoms with Crippen LogP contribution >= 0.6 is 0 Å². The van der Waals surface area contributed by atoms with Crippen LogP contribution in [0.15, 0.2) is 0 Å². The first-order valence-electron chi connectivity index (χ1n) is 5.59. The summed E-state index contributed by atoms with van der Waals surface area (Å²) in [5.41, 5.74) is 0.